The van der Waals surface area contributed by atoms with Gasteiger partial charge in [0.25, 0.3) is 0 Å². The molecule has 1 aliphatic heterocycles. The molecule has 1 amide bonds. The van der Waals surface area contributed by atoms with Gasteiger partial charge in [-0.1, -0.05) is 12.1 Å². The maximum atomic E-state index is 10.7. The molecule has 0 aromatic heterocycles. The molecule has 1 aromatic rings. The number of hydrogen-bond acceptors (Lipinski definition) is 3. The average Bonchev–Trinajstić information content (AvgIpc) is 2.97. The lowest BCUT2D eigenvalue weighted by atomic mass is 10.1. The van der Waals surface area contributed by atoms with Crippen LogP contribution in [0.2, 0.25) is 0 Å². The highest BCUT2D eigenvalue weighted by Crippen LogP contribution is 2.38. The minimum absolute atomic E-state index is 0.168. The molecule has 0 unspecified atom stereocenters. The minimum atomic E-state index is -0.455. The van der Waals surface area contributed by atoms with Crippen LogP contribution in [-0.4, -0.2) is 19.1 Å². The fraction of sp³-hybridized carbons (Fsp3) is 0.300. The summed E-state index contributed by atoms with van der Waals surface area (Å²) in [6.45, 7) is 0. The third-order valence-electron chi connectivity index (χ3n) is 2.22. The van der Waals surface area contributed by atoms with Gasteiger partial charge in [-0.2, -0.15) is 0 Å². The highest BCUT2D eigenvalue weighted by Gasteiger charge is 2.44. The summed E-state index contributed by atoms with van der Waals surface area (Å²) in [4.78, 5) is 10.7. The third-order valence-corrected chi connectivity index (χ3v) is 2.22. The Morgan fingerprint density at radius 3 is 2.50 bits per heavy atom. The highest BCUT2D eigenvalue weighted by molar-refractivity contribution is 5.82. The van der Waals surface area contributed by atoms with E-state index in [1.165, 1.54) is 0 Å². The summed E-state index contributed by atoms with van der Waals surface area (Å²) in [6, 6.07) is 7.39. The van der Waals surface area contributed by atoms with Gasteiger partial charge in [-0.05, 0) is 17.7 Å². The zero-order chi connectivity index (χ0) is 10.1. The highest BCUT2D eigenvalue weighted by atomic mass is 16.6. The van der Waals surface area contributed by atoms with Crippen LogP contribution in [0.5, 0.6) is 5.75 Å². The van der Waals surface area contributed by atoms with E-state index in [1.54, 1.807) is 7.11 Å². The van der Waals surface area contributed by atoms with Gasteiger partial charge in [0.15, 0.2) is 6.10 Å². The SMILES string of the molecule is COc1ccc([C@H]2O[C@@H]2C(N)=O)cc1. The van der Waals surface area contributed by atoms with Crippen LogP contribution in [0.1, 0.15) is 11.7 Å². The van der Waals surface area contributed by atoms with Crippen LogP contribution < -0.4 is 10.5 Å². The first-order valence-corrected chi connectivity index (χ1v) is 4.31. The lowest BCUT2D eigenvalue weighted by Gasteiger charge is -1.99. The molecule has 0 radical (unpaired) electrons. The van der Waals surface area contributed by atoms with Gasteiger partial charge < -0.3 is 15.2 Å². The Hall–Kier alpha value is -1.55. The predicted octanol–water partition coefficient (Wildman–Crippen LogP) is 0.620. The largest absolute Gasteiger partial charge is 0.497 e. The van der Waals surface area contributed by atoms with Crippen LogP contribution in [0, 0.1) is 0 Å². The predicted molar refractivity (Wildman–Crippen MR) is 49.8 cm³/mol. The fourth-order valence-electron chi connectivity index (χ4n) is 1.38. The normalized spacial score (nSPS) is 24.4. The summed E-state index contributed by atoms with van der Waals surface area (Å²) in [5.74, 6) is 0.371. The Kier molecular flexibility index (Phi) is 2.13. The Balaban J connectivity index is 2.08. The van der Waals surface area contributed by atoms with Gasteiger partial charge in [0.1, 0.15) is 11.9 Å². The quantitative estimate of drug-likeness (QED) is 0.715. The van der Waals surface area contributed by atoms with E-state index in [0.29, 0.717) is 0 Å². The van der Waals surface area contributed by atoms with Crippen molar-refractivity contribution in [2.45, 2.75) is 12.2 Å². The number of carbonyl (C=O) groups is 1. The fourth-order valence-corrected chi connectivity index (χ4v) is 1.38. The molecule has 1 fully saturated rings. The summed E-state index contributed by atoms with van der Waals surface area (Å²) >= 11 is 0. The minimum Gasteiger partial charge on any atom is -0.497 e. The molecule has 1 aromatic carbocycles. The summed E-state index contributed by atoms with van der Waals surface area (Å²) in [6.07, 6.45) is -0.623. The van der Waals surface area contributed by atoms with E-state index >= 15 is 0 Å². The van der Waals surface area contributed by atoms with Crippen LogP contribution >= 0.6 is 0 Å². The zero-order valence-electron chi connectivity index (χ0n) is 7.77. The van der Waals surface area contributed by atoms with E-state index in [1.807, 2.05) is 24.3 Å². The van der Waals surface area contributed by atoms with Crippen molar-refractivity contribution in [3.63, 3.8) is 0 Å². The number of hydrogen-bond donors (Lipinski definition) is 1. The van der Waals surface area contributed by atoms with E-state index in [9.17, 15) is 4.79 Å². The molecule has 0 bridgehead atoms. The average molecular weight is 193 g/mol. The van der Waals surface area contributed by atoms with Crippen molar-refractivity contribution in [2.24, 2.45) is 5.73 Å². The van der Waals surface area contributed by atoms with Gasteiger partial charge in [0, 0.05) is 0 Å². The molecule has 4 heteroatoms. The van der Waals surface area contributed by atoms with E-state index in [0.717, 1.165) is 11.3 Å². The maximum Gasteiger partial charge on any atom is 0.249 e. The second-order valence-corrected chi connectivity index (χ2v) is 3.15. The topological polar surface area (TPSA) is 64.8 Å². The van der Waals surface area contributed by atoms with Gasteiger partial charge in [-0.15, -0.1) is 0 Å². The molecular formula is C10H11NO3. The molecule has 1 aliphatic rings. The Bertz CT molecular complexity index is 347. The van der Waals surface area contributed by atoms with Crippen LogP contribution in [0.25, 0.3) is 0 Å². The van der Waals surface area contributed by atoms with Crippen molar-refractivity contribution in [1.29, 1.82) is 0 Å². The monoisotopic (exact) mass is 193 g/mol. The van der Waals surface area contributed by atoms with Gasteiger partial charge >= 0.3 is 0 Å². The second kappa shape index (κ2) is 3.31. The van der Waals surface area contributed by atoms with E-state index < -0.39 is 12.0 Å². The Morgan fingerprint density at radius 2 is 2.07 bits per heavy atom. The number of methoxy groups -OCH3 is 1. The van der Waals surface area contributed by atoms with Crippen molar-refractivity contribution >= 4 is 5.91 Å². The van der Waals surface area contributed by atoms with E-state index in [-0.39, 0.29) is 6.10 Å². The van der Waals surface area contributed by atoms with Crippen molar-refractivity contribution in [1.82, 2.24) is 0 Å². The van der Waals surface area contributed by atoms with Gasteiger partial charge in [0.2, 0.25) is 5.91 Å². The zero-order valence-corrected chi connectivity index (χ0v) is 7.77. The number of carbonyl (C=O) groups excluding carboxylic acids is 1. The molecule has 2 N–H and O–H groups in total. The smallest absolute Gasteiger partial charge is 0.249 e. The van der Waals surface area contributed by atoms with Gasteiger partial charge in [-0.25, -0.2) is 0 Å². The first-order chi connectivity index (χ1) is 6.72. The number of nitrogens with two attached hydrogens (primary N) is 1. The van der Waals surface area contributed by atoms with Crippen LogP contribution in [0.15, 0.2) is 24.3 Å². The molecule has 4 nitrogen and oxygen atoms in total. The van der Waals surface area contributed by atoms with Crippen molar-refractivity contribution in [3.05, 3.63) is 29.8 Å². The van der Waals surface area contributed by atoms with Crippen molar-refractivity contribution in [2.75, 3.05) is 7.11 Å². The number of primary amides is 1. The van der Waals surface area contributed by atoms with Crippen molar-refractivity contribution < 1.29 is 14.3 Å². The number of rotatable bonds is 3. The van der Waals surface area contributed by atoms with E-state index in [2.05, 4.69) is 0 Å². The molecule has 74 valence electrons. The number of ether oxygens (including phenoxy) is 2. The molecule has 0 aliphatic carbocycles. The standard InChI is InChI=1S/C10H11NO3/c1-13-7-4-2-6(3-5-7)8-9(14-8)10(11)12/h2-5,8-9H,1H3,(H2,11,12)/t8-,9+/m1/s1. The lowest BCUT2D eigenvalue weighted by molar-refractivity contribution is -0.119. The molecule has 14 heavy (non-hydrogen) atoms. The molecule has 0 saturated carbocycles. The van der Waals surface area contributed by atoms with E-state index in [4.69, 9.17) is 15.2 Å². The molecule has 2 atom stereocenters. The summed E-state index contributed by atoms with van der Waals surface area (Å²) in [5, 5.41) is 0. The van der Waals surface area contributed by atoms with Crippen molar-refractivity contribution in [3.8, 4) is 5.75 Å². The summed E-state index contributed by atoms with van der Waals surface area (Å²) in [5.41, 5.74) is 6.05. The lowest BCUT2D eigenvalue weighted by Crippen LogP contribution is -2.18. The molecular weight excluding hydrogens is 182 g/mol. The number of benzene rings is 1. The maximum absolute atomic E-state index is 10.7. The molecule has 0 spiro atoms. The van der Waals surface area contributed by atoms with Crippen LogP contribution in [0.4, 0.5) is 0 Å². The first kappa shape index (κ1) is 9.02. The van der Waals surface area contributed by atoms with Crippen LogP contribution in [-0.2, 0) is 9.53 Å². The Morgan fingerprint density at radius 1 is 1.43 bits per heavy atom. The summed E-state index contributed by atoms with van der Waals surface area (Å²) in [7, 11) is 1.61. The van der Waals surface area contributed by atoms with Gasteiger partial charge in [0.05, 0.1) is 7.11 Å². The molecule has 2 rings (SSSR count). The second-order valence-electron chi connectivity index (χ2n) is 3.15. The number of epoxide rings is 1. The van der Waals surface area contributed by atoms with Gasteiger partial charge in [-0.3, -0.25) is 4.79 Å². The van der Waals surface area contributed by atoms with Crippen LogP contribution in [0.3, 0.4) is 0 Å². The first-order valence-electron chi connectivity index (χ1n) is 4.31. The summed E-state index contributed by atoms with van der Waals surface area (Å²) < 4.78 is 10.1. The third kappa shape index (κ3) is 1.56. The molecule has 1 saturated heterocycles. The molecule has 1 heterocycles. The Labute approximate surface area is 81.6 Å². The number of amides is 1.